The van der Waals surface area contributed by atoms with Crippen LogP contribution in [0.3, 0.4) is 0 Å². The fourth-order valence-corrected chi connectivity index (χ4v) is 4.87. The third kappa shape index (κ3) is 1.96. The summed E-state index contributed by atoms with van der Waals surface area (Å²) in [5, 5.41) is 4.03. The Morgan fingerprint density at radius 1 is 1.44 bits per heavy atom. The lowest BCUT2D eigenvalue weighted by atomic mass is 10.1. The first kappa shape index (κ1) is 12.4. The van der Waals surface area contributed by atoms with E-state index in [0.717, 1.165) is 12.8 Å². The molecule has 2 heterocycles. The maximum Gasteiger partial charge on any atom is 0.246 e. The fraction of sp³-hybridized carbons (Fsp3) is 0.727. The summed E-state index contributed by atoms with van der Waals surface area (Å²) in [5.74, 6) is 0.984. The van der Waals surface area contributed by atoms with E-state index in [1.807, 2.05) is 0 Å². The van der Waals surface area contributed by atoms with Crippen molar-refractivity contribution in [2.75, 3.05) is 12.4 Å². The van der Waals surface area contributed by atoms with Crippen molar-refractivity contribution in [2.45, 2.75) is 36.7 Å². The van der Waals surface area contributed by atoms with Crippen LogP contribution in [0.4, 0.5) is 0 Å². The van der Waals surface area contributed by atoms with E-state index in [1.165, 1.54) is 12.6 Å². The Hall–Kier alpha value is -0.590. The quantitative estimate of drug-likeness (QED) is 0.785. The molecular formula is C11H16ClN3O2S. The molecule has 1 saturated heterocycles. The van der Waals surface area contributed by atoms with Gasteiger partial charge in [-0.2, -0.15) is 9.40 Å². The number of halogens is 1. The Kier molecular flexibility index (Phi) is 3.11. The van der Waals surface area contributed by atoms with Crippen molar-refractivity contribution in [3.05, 3.63) is 12.4 Å². The lowest BCUT2D eigenvalue weighted by Crippen LogP contribution is -2.37. The predicted octanol–water partition coefficient (Wildman–Crippen LogP) is 1.29. The number of fused-ring (bicyclic) bond motifs is 2. The Labute approximate surface area is 112 Å². The van der Waals surface area contributed by atoms with E-state index in [-0.39, 0.29) is 6.04 Å². The van der Waals surface area contributed by atoms with Gasteiger partial charge in [-0.3, -0.25) is 4.68 Å². The molecule has 2 aliphatic rings. The minimum Gasteiger partial charge on any atom is -0.270 e. The van der Waals surface area contributed by atoms with E-state index < -0.39 is 10.0 Å². The van der Waals surface area contributed by atoms with Crippen molar-refractivity contribution in [1.82, 2.24) is 14.1 Å². The van der Waals surface area contributed by atoms with E-state index in [4.69, 9.17) is 11.6 Å². The summed E-state index contributed by atoms with van der Waals surface area (Å²) in [5.41, 5.74) is 0. The van der Waals surface area contributed by atoms with Crippen LogP contribution in [0.5, 0.6) is 0 Å². The van der Waals surface area contributed by atoms with Gasteiger partial charge >= 0.3 is 0 Å². The summed E-state index contributed by atoms with van der Waals surface area (Å²) >= 11 is 5.62. The molecule has 7 heteroatoms. The van der Waals surface area contributed by atoms with Gasteiger partial charge in [0.25, 0.3) is 0 Å². The lowest BCUT2D eigenvalue weighted by molar-refractivity contribution is 0.333. The second-order valence-electron chi connectivity index (χ2n) is 5.04. The van der Waals surface area contributed by atoms with Crippen LogP contribution in [-0.4, -0.2) is 41.0 Å². The SMILES string of the molecule is O=S(=O)(c1cnn(CCCl)c1)N1CC2CCC1C2. The van der Waals surface area contributed by atoms with Gasteiger partial charge in [-0.25, -0.2) is 8.42 Å². The first-order valence-electron chi connectivity index (χ1n) is 6.21. The molecule has 5 nitrogen and oxygen atoms in total. The smallest absolute Gasteiger partial charge is 0.246 e. The average Bonchev–Trinajstić information content (AvgIpc) is 3.04. The van der Waals surface area contributed by atoms with Crippen LogP contribution in [0.1, 0.15) is 19.3 Å². The molecule has 3 rings (SSSR count). The van der Waals surface area contributed by atoms with E-state index >= 15 is 0 Å². The number of aryl methyl sites for hydroxylation is 1. The molecule has 100 valence electrons. The molecule has 1 aromatic heterocycles. The molecule has 2 unspecified atom stereocenters. The summed E-state index contributed by atoms with van der Waals surface area (Å²) in [7, 11) is -3.36. The Morgan fingerprint density at radius 2 is 2.28 bits per heavy atom. The van der Waals surface area contributed by atoms with Crippen LogP contribution in [0.15, 0.2) is 17.3 Å². The summed E-state index contributed by atoms with van der Waals surface area (Å²) in [6, 6.07) is 0.205. The zero-order valence-corrected chi connectivity index (χ0v) is 11.6. The molecule has 18 heavy (non-hydrogen) atoms. The highest BCUT2D eigenvalue weighted by molar-refractivity contribution is 7.89. The highest BCUT2D eigenvalue weighted by atomic mass is 35.5. The summed E-state index contributed by atoms with van der Waals surface area (Å²) in [6.07, 6.45) is 6.19. The molecule has 0 spiro atoms. The molecule has 0 amide bonds. The third-order valence-electron chi connectivity index (χ3n) is 3.89. The maximum absolute atomic E-state index is 12.5. The van der Waals surface area contributed by atoms with Crippen LogP contribution in [0.25, 0.3) is 0 Å². The highest BCUT2D eigenvalue weighted by Crippen LogP contribution is 2.40. The van der Waals surface area contributed by atoms with Gasteiger partial charge in [0.2, 0.25) is 10.0 Å². The second-order valence-corrected chi connectivity index (χ2v) is 7.30. The minimum atomic E-state index is -3.36. The number of aromatic nitrogens is 2. The third-order valence-corrected chi connectivity index (χ3v) is 5.93. The molecule has 2 bridgehead atoms. The first-order valence-corrected chi connectivity index (χ1v) is 8.19. The summed E-state index contributed by atoms with van der Waals surface area (Å²) in [6.45, 7) is 1.21. The number of sulfonamides is 1. The van der Waals surface area contributed by atoms with Gasteiger partial charge in [0.05, 0.1) is 12.7 Å². The number of rotatable bonds is 4. The molecular weight excluding hydrogens is 274 g/mol. The van der Waals surface area contributed by atoms with Crippen molar-refractivity contribution < 1.29 is 8.42 Å². The zero-order valence-electron chi connectivity index (χ0n) is 10.00. The van der Waals surface area contributed by atoms with Gasteiger partial charge < -0.3 is 0 Å². The van der Waals surface area contributed by atoms with Gasteiger partial charge in [0.1, 0.15) is 4.90 Å². The number of alkyl halides is 1. The minimum absolute atomic E-state index is 0.205. The molecule has 1 saturated carbocycles. The van der Waals surface area contributed by atoms with Crippen molar-refractivity contribution in [3.63, 3.8) is 0 Å². The predicted molar refractivity (Wildman–Crippen MR) is 68.0 cm³/mol. The Bertz CT molecular complexity index is 542. The standard InChI is InChI=1S/C11H16ClN3O2S/c12-3-4-14-8-11(6-13-14)18(16,17)15-7-9-1-2-10(15)5-9/h6,8-10H,1-5,7H2. The van der Waals surface area contributed by atoms with Gasteiger partial charge in [0.15, 0.2) is 0 Å². The zero-order chi connectivity index (χ0) is 12.8. The van der Waals surface area contributed by atoms with Gasteiger partial charge in [-0.05, 0) is 25.2 Å². The van der Waals surface area contributed by atoms with Gasteiger partial charge in [0, 0.05) is 24.7 Å². The van der Waals surface area contributed by atoms with Gasteiger partial charge in [-0.15, -0.1) is 11.6 Å². The Balaban J connectivity index is 1.85. The lowest BCUT2D eigenvalue weighted by Gasteiger charge is -2.25. The van der Waals surface area contributed by atoms with Crippen molar-refractivity contribution in [3.8, 4) is 0 Å². The van der Waals surface area contributed by atoms with E-state index in [1.54, 1.807) is 15.2 Å². The number of nitrogens with zero attached hydrogens (tertiary/aromatic N) is 3. The topological polar surface area (TPSA) is 55.2 Å². The maximum atomic E-state index is 12.5. The molecule has 2 fully saturated rings. The Morgan fingerprint density at radius 3 is 2.89 bits per heavy atom. The second kappa shape index (κ2) is 4.51. The fourth-order valence-electron chi connectivity index (χ4n) is 3.00. The van der Waals surface area contributed by atoms with Crippen LogP contribution in [0.2, 0.25) is 0 Å². The molecule has 2 atom stereocenters. The first-order chi connectivity index (χ1) is 8.61. The van der Waals surface area contributed by atoms with E-state index in [2.05, 4.69) is 5.10 Å². The van der Waals surface area contributed by atoms with Gasteiger partial charge in [-0.1, -0.05) is 0 Å². The molecule has 0 N–H and O–H groups in total. The average molecular weight is 290 g/mol. The molecule has 1 aromatic rings. The van der Waals surface area contributed by atoms with Crippen LogP contribution in [-0.2, 0) is 16.6 Å². The molecule has 0 radical (unpaired) electrons. The summed E-state index contributed by atoms with van der Waals surface area (Å²) < 4.78 is 28.2. The largest absolute Gasteiger partial charge is 0.270 e. The molecule has 1 aliphatic heterocycles. The number of hydrogen-bond donors (Lipinski definition) is 0. The van der Waals surface area contributed by atoms with Crippen LogP contribution >= 0.6 is 11.6 Å². The molecule has 1 aliphatic carbocycles. The van der Waals surface area contributed by atoms with Crippen molar-refractivity contribution >= 4 is 21.6 Å². The highest BCUT2D eigenvalue weighted by Gasteiger charge is 2.44. The van der Waals surface area contributed by atoms with Crippen molar-refractivity contribution in [1.29, 1.82) is 0 Å². The normalized spacial score (nSPS) is 28.1. The van der Waals surface area contributed by atoms with E-state index in [0.29, 0.717) is 29.8 Å². The monoisotopic (exact) mass is 289 g/mol. The molecule has 0 aromatic carbocycles. The van der Waals surface area contributed by atoms with Crippen molar-refractivity contribution in [2.24, 2.45) is 5.92 Å². The van der Waals surface area contributed by atoms with E-state index in [9.17, 15) is 8.42 Å². The van der Waals surface area contributed by atoms with Crippen LogP contribution in [0, 0.1) is 5.92 Å². The number of piperidine rings is 1. The summed E-state index contributed by atoms with van der Waals surface area (Å²) in [4.78, 5) is 0.292. The van der Waals surface area contributed by atoms with Crippen LogP contribution < -0.4 is 0 Å². The number of hydrogen-bond acceptors (Lipinski definition) is 3.